The van der Waals surface area contributed by atoms with Crippen molar-refractivity contribution in [3.8, 4) is 17.2 Å². The maximum Gasteiger partial charge on any atom is 0.262 e. The van der Waals surface area contributed by atoms with Gasteiger partial charge in [-0.25, -0.2) is 8.42 Å². The zero-order chi connectivity index (χ0) is 23.3. The first-order valence-corrected chi connectivity index (χ1v) is 11.1. The Kier molecular flexibility index (Phi) is 6.89. The zero-order valence-corrected chi connectivity index (χ0v) is 18.9. The predicted molar refractivity (Wildman–Crippen MR) is 122 cm³/mol. The molecule has 0 saturated carbocycles. The van der Waals surface area contributed by atoms with E-state index in [9.17, 15) is 13.2 Å². The van der Waals surface area contributed by atoms with Crippen LogP contribution in [0.2, 0.25) is 0 Å². The maximum absolute atomic E-state index is 13.0. The molecule has 3 aromatic carbocycles. The number of nitrogens with one attached hydrogen (secondary N) is 2. The first-order chi connectivity index (χ1) is 15.3. The molecule has 1 amide bonds. The molecule has 0 heterocycles. The van der Waals surface area contributed by atoms with Crippen LogP contribution in [0.15, 0.2) is 65.6 Å². The van der Waals surface area contributed by atoms with Crippen LogP contribution in [0.4, 0.5) is 11.4 Å². The van der Waals surface area contributed by atoms with Crippen LogP contribution in [0.25, 0.3) is 0 Å². The van der Waals surface area contributed by atoms with Crippen LogP contribution in [0.1, 0.15) is 15.9 Å². The number of amides is 1. The lowest BCUT2D eigenvalue weighted by atomic mass is 10.1. The van der Waals surface area contributed by atoms with Crippen molar-refractivity contribution in [2.45, 2.75) is 11.8 Å². The quantitative estimate of drug-likeness (QED) is 0.530. The van der Waals surface area contributed by atoms with Gasteiger partial charge in [0.05, 0.1) is 37.6 Å². The molecule has 2 N–H and O–H groups in total. The second kappa shape index (κ2) is 9.61. The van der Waals surface area contributed by atoms with Crippen molar-refractivity contribution in [2.75, 3.05) is 31.4 Å². The van der Waals surface area contributed by atoms with E-state index in [1.54, 1.807) is 30.3 Å². The summed E-state index contributed by atoms with van der Waals surface area (Å²) in [5.74, 6) is 0.776. The molecule has 0 radical (unpaired) electrons. The molecule has 3 rings (SSSR count). The maximum atomic E-state index is 13.0. The summed E-state index contributed by atoms with van der Waals surface area (Å²) in [6.07, 6.45) is 0. The lowest BCUT2D eigenvalue weighted by Crippen LogP contribution is -2.16. The highest BCUT2D eigenvalue weighted by Crippen LogP contribution is 2.33. The molecular formula is C23H24N2O6S. The third kappa shape index (κ3) is 4.94. The Balaban J connectivity index is 1.93. The van der Waals surface area contributed by atoms with Crippen LogP contribution >= 0.6 is 0 Å². The number of carbonyl (C=O) groups is 1. The molecule has 9 heteroatoms. The second-order valence-electron chi connectivity index (χ2n) is 6.80. The highest BCUT2D eigenvalue weighted by molar-refractivity contribution is 7.92. The van der Waals surface area contributed by atoms with Crippen molar-refractivity contribution in [2.24, 2.45) is 0 Å². The molecule has 0 unspecified atom stereocenters. The summed E-state index contributed by atoms with van der Waals surface area (Å²) >= 11 is 0. The van der Waals surface area contributed by atoms with Gasteiger partial charge in [-0.05, 0) is 48.9 Å². The topological polar surface area (TPSA) is 103 Å². The Morgan fingerprint density at radius 2 is 1.53 bits per heavy atom. The summed E-state index contributed by atoms with van der Waals surface area (Å²) in [4.78, 5) is 12.7. The highest BCUT2D eigenvalue weighted by Gasteiger charge is 2.20. The molecular weight excluding hydrogens is 432 g/mol. The van der Waals surface area contributed by atoms with E-state index in [-0.39, 0.29) is 22.2 Å². The third-order valence-electron chi connectivity index (χ3n) is 4.77. The van der Waals surface area contributed by atoms with Gasteiger partial charge in [0.2, 0.25) is 0 Å². The van der Waals surface area contributed by atoms with E-state index in [1.807, 2.05) is 19.1 Å². The van der Waals surface area contributed by atoms with Crippen molar-refractivity contribution in [1.82, 2.24) is 0 Å². The van der Waals surface area contributed by atoms with Crippen LogP contribution in [0.5, 0.6) is 17.2 Å². The number of methoxy groups -OCH3 is 3. The van der Waals surface area contributed by atoms with E-state index in [0.717, 1.165) is 5.56 Å². The fourth-order valence-corrected chi connectivity index (χ4v) is 4.15. The van der Waals surface area contributed by atoms with Crippen molar-refractivity contribution in [3.05, 3.63) is 71.8 Å². The van der Waals surface area contributed by atoms with Gasteiger partial charge in [0.1, 0.15) is 17.2 Å². The van der Waals surface area contributed by atoms with E-state index in [4.69, 9.17) is 14.2 Å². The summed E-state index contributed by atoms with van der Waals surface area (Å²) in [6.45, 7) is 1.82. The first-order valence-electron chi connectivity index (χ1n) is 9.59. The van der Waals surface area contributed by atoms with Crippen LogP contribution in [0.3, 0.4) is 0 Å². The minimum Gasteiger partial charge on any atom is -0.497 e. The van der Waals surface area contributed by atoms with Crippen LogP contribution in [-0.2, 0) is 10.0 Å². The Labute approximate surface area is 187 Å². The molecule has 0 aliphatic carbocycles. The van der Waals surface area contributed by atoms with Crippen molar-refractivity contribution < 1.29 is 27.4 Å². The summed E-state index contributed by atoms with van der Waals surface area (Å²) < 4.78 is 44.3. The van der Waals surface area contributed by atoms with E-state index >= 15 is 0 Å². The van der Waals surface area contributed by atoms with Gasteiger partial charge in [-0.3, -0.25) is 9.52 Å². The van der Waals surface area contributed by atoms with E-state index in [0.29, 0.717) is 22.8 Å². The average molecular weight is 457 g/mol. The summed E-state index contributed by atoms with van der Waals surface area (Å²) in [5, 5.41) is 2.74. The Bertz CT molecular complexity index is 1240. The SMILES string of the molecule is COc1ccc(NS(=O)(=O)c2ccc(OC)c(NC(=O)c3ccccc3C)c2)c(OC)c1. The smallest absolute Gasteiger partial charge is 0.262 e. The lowest BCUT2D eigenvalue weighted by molar-refractivity contribution is 0.102. The number of carbonyl (C=O) groups excluding carboxylic acids is 1. The minimum atomic E-state index is -4.00. The molecule has 0 aliphatic rings. The highest BCUT2D eigenvalue weighted by atomic mass is 32.2. The fourth-order valence-electron chi connectivity index (χ4n) is 3.06. The number of hydrogen-bond donors (Lipinski definition) is 2. The standard InChI is InChI=1S/C23H24N2O6S/c1-15-7-5-6-8-18(15)23(26)24-20-14-17(10-12-21(20)30-3)32(27,28)25-19-11-9-16(29-2)13-22(19)31-4/h5-14,25H,1-4H3,(H,24,26). The van der Waals surface area contributed by atoms with E-state index in [2.05, 4.69) is 10.0 Å². The molecule has 0 atom stereocenters. The average Bonchev–Trinajstić information content (AvgIpc) is 2.79. The fraction of sp³-hybridized carbons (Fsp3) is 0.174. The zero-order valence-electron chi connectivity index (χ0n) is 18.1. The molecule has 8 nitrogen and oxygen atoms in total. The molecule has 0 spiro atoms. The number of hydrogen-bond acceptors (Lipinski definition) is 6. The van der Waals surface area contributed by atoms with Crippen molar-refractivity contribution in [3.63, 3.8) is 0 Å². The van der Waals surface area contributed by atoms with Crippen molar-refractivity contribution in [1.29, 1.82) is 0 Å². The number of ether oxygens (including phenoxy) is 3. The predicted octanol–water partition coefficient (Wildman–Crippen LogP) is 4.07. The minimum absolute atomic E-state index is 0.0590. The van der Waals surface area contributed by atoms with E-state index < -0.39 is 10.0 Å². The number of benzene rings is 3. The third-order valence-corrected chi connectivity index (χ3v) is 6.14. The lowest BCUT2D eigenvalue weighted by Gasteiger charge is -2.15. The largest absolute Gasteiger partial charge is 0.497 e. The van der Waals surface area contributed by atoms with Gasteiger partial charge in [-0.1, -0.05) is 18.2 Å². The number of anilines is 2. The monoisotopic (exact) mass is 456 g/mol. The van der Waals surface area contributed by atoms with Gasteiger partial charge >= 0.3 is 0 Å². The summed E-state index contributed by atoms with van der Waals surface area (Å²) in [5.41, 5.74) is 1.74. The van der Waals surface area contributed by atoms with Gasteiger partial charge in [-0.15, -0.1) is 0 Å². The number of sulfonamides is 1. The summed E-state index contributed by atoms with van der Waals surface area (Å²) in [7, 11) is 0.371. The normalized spacial score (nSPS) is 10.9. The first kappa shape index (κ1) is 23.0. The summed E-state index contributed by atoms with van der Waals surface area (Å²) in [6, 6.07) is 16.0. The Morgan fingerprint density at radius 1 is 0.812 bits per heavy atom. The molecule has 32 heavy (non-hydrogen) atoms. The van der Waals surface area contributed by atoms with Gasteiger partial charge in [-0.2, -0.15) is 0 Å². The Morgan fingerprint density at radius 3 is 2.19 bits per heavy atom. The number of rotatable bonds is 8. The van der Waals surface area contributed by atoms with Crippen LogP contribution in [0, 0.1) is 6.92 Å². The van der Waals surface area contributed by atoms with Gasteiger partial charge < -0.3 is 19.5 Å². The molecule has 0 fully saturated rings. The van der Waals surface area contributed by atoms with Crippen LogP contribution in [-0.4, -0.2) is 35.7 Å². The van der Waals surface area contributed by atoms with Crippen LogP contribution < -0.4 is 24.2 Å². The van der Waals surface area contributed by atoms with Gasteiger partial charge in [0, 0.05) is 11.6 Å². The molecule has 0 aromatic heterocycles. The molecule has 0 saturated heterocycles. The number of aryl methyl sites for hydroxylation is 1. The molecule has 168 valence electrons. The van der Waals surface area contributed by atoms with E-state index in [1.165, 1.54) is 39.5 Å². The Hall–Kier alpha value is -3.72. The molecule has 0 aliphatic heterocycles. The second-order valence-corrected chi connectivity index (χ2v) is 8.49. The molecule has 3 aromatic rings. The van der Waals surface area contributed by atoms with Gasteiger partial charge in [0.25, 0.3) is 15.9 Å². The van der Waals surface area contributed by atoms with Gasteiger partial charge in [0.15, 0.2) is 0 Å². The molecule has 0 bridgehead atoms. The van der Waals surface area contributed by atoms with Crippen molar-refractivity contribution >= 4 is 27.3 Å².